The van der Waals surface area contributed by atoms with Crippen LogP contribution in [0.15, 0.2) is 121 Å². The van der Waals surface area contributed by atoms with Crippen LogP contribution in [0.25, 0.3) is 0 Å². The molecule has 0 atom stereocenters. The summed E-state index contributed by atoms with van der Waals surface area (Å²) in [4.78, 5) is 28.6. The summed E-state index contributed by atoms with van der Waals surface area (Å²) < 4.78 is 0. The Hall–Kier alpha value is -4.10. The van der Waals surface area contributed by atoms with Crippen molar-refractivity contribution < 1.29 is 14.4 Å². The third kappa shape index (κ3) is 99.0. The van der Waals surface area contributed by atoms with E-state index < -0.39 is 0 Å². The molecule has 4 aromatic carbocycles. The number of carbonyl (C=O) groups is 3. The van der Waals surface area contributed by atoms with Crippen LogP contribution in [0.3, 0.4) is 0 Å². The molecule has 6 N–H and O–H groups in total. The van der Waals surface area contributed by atoms with Crippen LogP contribution in [-0.2, 0) is 38.1 Å². The minimum Gasteiger partial charge on any atom is -0.339 e. The van der Waals surface area contributed by atoms with E-state index in [9.17, 15) is 14.4 Å². The van der Waals surface area contributed by atoms with E-state index in [1.165, 1.54) is 87.2 Å². The van der Waals surface area contributed by atoms with Gasteiger partial charge in [0, 0.05) is 0 Å². The Morgan fingerprint density at radius 2 is 0.526 bits per heavy atom. The second-order valence-corrected chi connectivity index (χ2v) is 14.1. The zero-order valence-corrected chi connectivity index (χ0v) is 56.8. The fourth-order valence-corrected chi connectivity index (χ4v) is 5.28. The lowest BCUT2D eigenvalue weighted by atomic mass is 9.73. The molecule has 0 saturated heterocycles. The molecule has 0 aromatic heterocycles. The predicted molar refractivity (Wildman–Crippen MR) is 360 cm³/mol. The molecule has 8 heteroatoms. The first-order chi connectivity index (χ1) is 36.5. The maximum absolute atomic E-state index is 9.69. The van der Waals surface area contributed by atoms with Gasteiger partial charge in [0.15, 0.2) is 0 Å². The summed E-state index contributed by atoms with van der Waals surface area (Å²) in [7, 11) is 12.4. The van der Waals surface area contributed by atoms with Crippen LogP contribution in [0.5, 0.6) is 0 Å². The molecule has 0 aliphatic heterocycles. The minimum atomic E-state index is 0.0324. The Morgan fingerprint density at radius 3 is 0.658 bits per heavy atom. The molecule has 0 saturated carbocycles. The van der Waals surface area contributed by atoms with E-state index in [2.05, 4.69) is 101 Å². The van der Waals surface area contributed by atoms with Gasteiger partial charge in [-0.05, 0) is 133 Å². The van der Waals surface area contributed by atoms with Crippen molar-refractivity contribution in [2.45, 2.75) is 256 Å². The molecule has 2 aliphatic rings. The molecule has 0 spiro atoms. The van der Waals surface area contributed by atoms with Crippen molar-refractivity contribution in [3.63, 3.8) is 0 Å². The molecule has 0 unspecified atom stereocenters. The molecule has 4 radical (unpaired) electrons. The number of fused-ring (bicyclic) bond motifs is 2. The molecular weight excluding hydrogens is 928 g/mol. The monoisotopic (exact) mass is 1060 g/mol. The standard InChI is InChI=1S/2C12H16.2C6H6.C3H5BO.2C3H6O.10C2H6.CH4BN.2CH5N/c2*1-12(2)9-5-7-10-6-3-4-8-11(10)12;2*1-2-4-6-5-3-1;1-3(5)2-4;2*1-3(2)4;10*1-2;2-1-3;2*1-2/h2*3-4,6,8H,5,7,9H2,1-2H3;2*1-6H;2H2,1H3;2*1-2H3;10*1-2H3;1,3H2;2*2H2,1H3. The Bertz CT molecular complexity index is 1320. The van der Waals surface area contributed by atoms with Crippen molar-refractivity contribution >= 4 is 33.0 Å². The molecule has 4 aromatic rings. The molecule has 0 bridgehead atoms. The minimum absolute atomic E-state index is 0.0324. The largest absolute Gasteiger partial charge is 0.339 e. The maximum Gasteiger partial charge on any atom is 0.126 e. The molecule has 0 fully saturated rings. The summed E-state index contributed by atoms with van der Waals surface area (Å²) in [6.45, 7) is 57.0. The molecule has 6 rings (SSSR count). The average Bonchev–Trinajstić information content (AvgIpc) is 3.49. The number of aryl methyl sites for hydroxylation is 2. The molecule has 76 heavy (non-hydrogen) atoms. The molecule has 0 amide bonds. The summed E-state index contributed by atoms with van der Waals surface area (Å²) in [5.74, 6) is 0.366. The zero-order chi connectivity index (χ0) is 63.8. The van der Waals surface area contributed by atoms with Crippen LogP contribution in [0.1, 0.15) is 249 Å². The Kier molecular flexibility index (Phi) is 152. The zero-order valence-electron chi connectivity index (χ0n) is 56.8. The van der Waals surface area contributed by atoms with E-state index in [-0.39, 0.29) is 30.1 Å². The third-order valence-electron chi connectivity index (χ3n) is 7.61. The SMILES string of the molecule is CC.CC.CC.CC.CC.CC.CC.CC.CC.CC.CC(C)=O.CC(C)=O.CC1(C)CCCc2ccccc21.CC1(C)CCCc2ccccc21.CN.CN.[B]CC(C)=O.[B]CN.c1ccccc1.c1ccccc1. The first-order valence-corrected chi connectivity index (χ1v) is 29.4. The topological polar surface area (TPSA) is 129 Å². The lowest BCUT2D eigenvalue weighted by molar-refractivity contribution is -0.115. The van der Waals surface area contributed by atoms with Crippen molar-refractivity contribution in [1.29, 1.82) is 0 Å². The fourth-order valence-electron chi connectivity index (χ4n) is 5.28. The summed E-state index contributed by atoms with van der Waals surface area (Å²) in [5, 5.41) is 0. The number of benzene rings is 4. The molecular formula is C68H135B2N3O3. The second-order valence-electron chi connectivity index (χ2n) is 14.1. The van der Waals surface area contributed by atoms with Crippen molar-refractivity contribution in [1.82, 2.24) is 0 Å². The number of hydrogen-bond donors (Lipinski definition) is 3. The molecule has 0 heterocycles. The van der Waals surface area contributed by atoms with Gasteiger partial charge >= 0.3 is 0 Å². The Balaban J connectivity index is -0.0000000469. The number of hydrogen-bond acceptors (Lipinski definition) is 6. The van der Waals surface area contributed by atoms with Gasteiger partial charge in [-0.1, -0.05) is 287 Å². The first-order valence-electron chi connectivity index (χ1n) is 29.4. The van der Waals surface area contributed by atoms with Gasteiger partial charge in [-0.15, -0.1) is 0 Å². The predicted octanol–water partition coefficient (Wildman–Crippen LogP) is 19.8. The van der Waals surface area contributed by atoms with E-state index in [1.54, 1.807) is 22.3 Å². The van der Waals surface area contributed by atoms with Crippen molar-refractivity contribution in [3.8, 4) is 0 Å². The second kappa shape index (κ2) is 107. The molecule has 446 valence electrons. The summed E-state index contributed by atoms with van der Waals surface area (Å²) >= 11 is 0. The number of Topliss-reactive ketones (excluding diaryl/α,β-unsaturated/α-hetero) is 3. The van der Waals surface area contributed by atoms with Gasteiger partial charge < -0.3 is 31.6 Å². The summed E-state index contributed by atoms with van der Waals surface area (Å²) in [6, 6.07) is 41.7. The van der Waals surface area contributed by atoms with Gasteiger partial charge in [-0.2, -0.15) is 0 Å². The third-order valence-corrected chi connectivity index (χ3v) is 7.61. The Labute approximate surface area is 483 Å². The number of carbonyl (C=O) groups excluding carboxylic acids is 3. The summed E-state index contributed by atoms with van der Waals surface area (Å²) in [5.41, 5.74) is 20.7. The highest BCUT2D eigenvalue weighted by molar-refractivity contribution is 6.19. The highest BCUT2D eigenvalue weighted by Gasteiger charge is 2.27. The van der Waals surface area contributed by atoms with Gasteiger partial charge in [0.2, 0.25) is 0 Å². The molecule has 6 nitrogen and oxygen atoms in total. The van der Waals surface area contributed by atoms with E-state index in [0.29, 0.717) is 10.8 Å². The van der Waals surface area contributed by atoms with Crippen molar-refractivity contribution in [2.24, 2.45) is 17.2 Å². The van der Waals surface area contributed by atoms with Gasteiger partial charge in [0.1, 0.15) is 17.3 Å². The van der Waals surface area contributed by atoms with Gasteiger partial charge in [-0.25, -0.2) is 0 Å². The van der Waals surface area contributed by atoms with Gasteiger partial charge in [0.05, 0.1) is 15.7 Å². The lowest BCUT2D eigenvalue weighted by Crippen LogP contribution is -2.23. The number of ketones is 3. The van der Waals surface area contributed by atoms with Crippen molar-refractivity contribution in [3.05, 3.63) is 144 Å². The van der Waals surface area contributed by atoms with Crippen molar-refractivity contribution in [2.75, 3.05) is 20.5 Å². The summed E-state index contributed by atoms with van der Waals surface area (Å²) in [6.07, 6.45) is 8.35. The van der Waals surface area contributed by atoms with Crippen LogP contribution in [0, 0.1) is 0 Å². The highest BCUT2D eigenvalue weighted by atomic mass is 16.1. The number of rotatable bonds is 1. The van der Waals surface area contributed by atoms with E-state index >= 15 is 0 Å². The average molecular weight is 1060 g/mol. The van der Waals surface area contributed by atoms with Gasteiger partial charge in [-0.3, -0.25) is 0 Å². The highest BCUT2D eigenvalue weighted by Crippen LogP contribution is 2.37. The smallest absolute Gasteiger partial charge is 0.126 e. The van der Waals surface area contributed by atoms with E-state index in [4.69, 9.17) is 7.85 Å². The van der Waals surface area contributed by atoms with Gasteiger partial charge in [0.25, 0.3) is 0 Å². The fraction of sp³-hybridized carbons (Fsp3) is 0.603. The maximum atomic E-state index is 9.69. The van der Waals surface area contributed by atoms with Crippen LogP contribution < -0.4 is 17.2 Å². The normalized spacial score (nSPS) is 9.97. The quantitative estimate of drug-likeness (QED) is 0.163. The van der Waals surface area contributed by atoms with E-state index in [0.717, 1.165) is 0 Å². The van der Waals surface area contributed by atoms with Crippen LogP contribution in [-0.4, -0.2) is 53.6 Å². The number of nitrogens with two attached hydrogens (primary N) is 3. The first kappa shape index (κ1) is 108. The van der Waals surface area contributed by atoms with Crippen LogP contribution in [0.4, 0.5) is 0 Å². The van der Waals surface area contributed by atoms with E-state index in [1.807, 2.05) is 211 Å². The molecule has 2 aliphatic carbocycles. The lowest BCUT2D eigenvalue weighted by Gasteiger charge is -2.32. The van der Waals surface area contributed by atoms with Crippen LogP contribution in [0.2, 0.25) is 6.32 Å². The van der Waals surface area contributed by atoms with Crippen LogP contribution >= 0.6 is 0 Å². The Morgan fingerprint density at radius 1 is 0.382 bits per heavy atom.